The van der Waals surface area contributed by atoms with Gasteiger partial charge >= 0.3 is 6.18 Å². The van der Waals surface area contributed by atoms with Crippen LogP contribution in [0.3, 0.4) is 0 Å². The van der Waals surface area contributed by atoms with Crippen molar-refractivity contribution in [1.82, 2.24) is 9.78 Å². The van der Waals surface area contributed by atoms with Crippen LogP contribution in [0.15, 0.2) is 42.6 Å². The van der Waals surface area contributed by atoms with Gasteiger partial charge in [-0.25, -0.2) is 0 Å². The van der Waals surface area contributed by atoms with Gasteiger partial charge in [-0.2, -0.15) is 18.3 Å². The number of alkyl halides is 3. The Kier molecular flexibility index (Phi) is 3.38. The Labute approximate surface area is 102 Å². The molecule has 0 unspecified atom stereocenters. The van der Waals surface area contributed by atoms with E-state index in [0.717, 1.165) is 11.6 Å². The minimum Gasteiger partial charge on any atom is -0.260 e. The topological polar surface area (TPSA) is 17.8 Å². The molecule has 0 bridgehead atoms. The zero-order chi connectivity index (χ0) is 13.0. The standard InChI is InChI=1S/C13H9F3N2/c14-13(15,16)12-8-10-18(17-12)9-4-7-11-5-2-1-3-6-11/h1-3,5-6,8,10H,9H2. The molecule has 18 heavy (non-hydrogen) atoms. The smallest absolute Gasteiger partial charge is 0.260 e. The first-order chi connectivity index (χ1) is 8.55. The highest BCUT2D eigenvalue weighted by Crippen LogP contribution is 2.27. The predicted molar refractivity (Wildman–Crippen MR) is 60.5 cm³/mol. The van der Waals surface area contributed by atoms with Gasteiger partial charge in [0.2, 0.25) is 0 Å². The summed E-state index contributed by atoms with van der Waals surface area (Å²) in [7, 11) is 0. The van der Waals surface area contributed by atoms with E-state index < -0.39 is 11.9 Å². The summed E-state index contributed by atoms with van der Waals surface area (Å²) >= 11 is 0. The Morgan fingerprint density at radius 2 is 1.83 bits per heavy atom. The van der Waals surface area contributed by atoms with E-state index in [0.29, 0.717) is 0 Å². The summed E-state index contributed by atoms with van der Waals surface area (Å²) in [5.74, 6) is 5.61. The van der Waals surface area contributed by atoms with Crippen molar-refractivity contribution in [2.75, 3.05) is 0 Å². The summed E-state index contributed by atoms with van der Waals surface area (Å²) < 4.78 is 38.0. The Bertz CT molecular complexity index is 574. The molecule has 1 heterocycles. The zero-order valence-corrected chi connectivity index (χ0v) is 9.28. The molecule has 5 heteroatoms. The lowest BCUT2D eigenvalue weighted by Crippen LogP contribution is -2.07. The van der Waals surface area contributed by atoms with Crippen molar-refractivity contribution in [1.29, 1.82) is 0 Å². The zero-order valence-electron chi connectivity index (χ0n) is 9.28. The van der Waals surface area contributed by atoms with Crippen molar-refractivity contribution in [3.05, 3.63) is 53.9 Å². The van der Waals surface area contributed by atoms with Gasteiger partial charge in [0.25, 0.3) is 0 Å². The van der Waals surface area contributed by atoms with E-state index in [-0.39, 0.29) is 6.54 Å². The summed E-state index contributed by atoms with van der Waals surface area (Å²) in [6.07, 6.45) is -3.14. The maximum absolute atomic E-state index is 12.3. The van der Waals surface area contributed by atoms with Gasteiger partial charge < -0.3 is 0 Å². The Morgan fingerprint density at radius 1 is 1.11 bits per heavy atom. The van der Waals surface area contributed by atoms with Crippen LogP contribution in [0, 0.1) is 11.8 Å². The van der Waals surface area contributed by atoms with Crippen LogP contribution in [0.4, 0.5) is 13.2 Å². The van der Waals surface area contributed by atoms with Gasteiger partial charge in [0.1, 0.15) is 6.54 Å². The van der Waals surface area contributed by atoms with Gasteiger partial charge in [-0.05, 0) is 18.2 Å². The Hall–Kier alpha value is -2.22. The van der Waals surface area contributed by atoms with Gasteiger partial charge in [-0.3, -0.25) is 4.68 Å². The van der Waals surface area contributed by atoms with E-state index in [9.17, 15) is 13.2 Å². The Balaban J connectivity index is 2.04. The number of hydrogen-bond acceptors (Lipinski definition) is 1. The van der Waals surface area contributed by atoms with Gasteiger partial charge in [0, 0.05) is 11.8 Å². The van der Waals surface area contributed by atoms with Crippen molar-refractivity contribution >= 4 is 0 Å². The minimum atomic E-state index is -4.40. The lowest BCUT2D eigenvalue weighted by atomic mass is 10.2. The molecule has 2 rings (SSSR count). The van der Waals surface area contributed by atoms with Crippen LogP contribution in [0.2, 0.25) is 0 Å². The van der Waals surface area contributed by atoms with E-state index in [1.54, 1.807) is 0 Å². The molecular weight excluding hydrogens is 241 g/mol. The normalized spacial score (nSPS) is 10.8. The molecule has 2 nitrogen and oxygen atoms in total. The third-order valence-corrected chi connectivity index (χ3v) is 2.18. The highest BCUT2D eigenvalue weighted by atomic mass is 19.4. The fraction of sp³-hybridized carbons (Fsp3) is 0.154. The minimum absolute atomic E-state index is 0.130. The van der Waals surface area contributed by atoms with E-state index >= 15 is 0 Å². The molecular formula is C13H9F3N2. The fourth-order valence-electron chi connectivity index (χ4n) is 1.35. The predicted octanol–water partition coefficient (Wildman–Crippen LogP) is 2.95. The van der Waals surface area contributed by atoms with Gasteiger partial charge in [-0.15, -0.1) is 0 Å². The molecule has 0 aliphatic rings. The number of hydrogen-bond donors (Lipinski definition) is 0. The van der Waals surface area contributed by atoms with Crippen LogP contribution < -0.4 is 0 Å². The van der Waals surface area contributed by atoms with Crippen molar-refractivity contribution < 1.29 is 13.2 Å². The second-order valence-corrected chi connectivity index (χ2v) is 3.56. The van der Waals surface area contributed by atoms with Crippen LogP contribution in [-0.4, -0.2) is 9.78 Å². The molecule has 0 saturated heterocycles. The summed E-state index contributed by atoms with van der Waals surface area (Å²) in [4.78, 5) is 0. The molecule has 1 aromatic carbocycles. The first-order valence-corrected chi connectivity index (χ1v) is 5.20. The number of aromatic nitrogens is 2. The second kappa shape index (κ2) is 4.96. The summed E-state index contributed by atoms with van der Waals surface area (Å²) in [5.41, 5.74) is -0.0790. The molecule has 92 valence electrons. The molecule has 1 aromatic heterocycles. The van der Waals surface area contributed by atoms with Crippen LogP contribution in [0.5, 0.6) is 0 Å². The van der Waals surface area contributed by atoms with Gasteiger partial charge in [-0.1, -0.05) is 30.0 Å². The number of benzene rings is 1. The number of halogens is 3. The Morgan fingerprint density at radius 3 is 2.44 bits per heavy atom. The first-order valence-electron chi connectivity index (χ1n) is 5.20. The molecule has 0 amide bonds. The first kappa shape index (κ1) is 12.2. The molecule has 0 atom stereocenters. The van der Waals surface area contributed by atoms with Crippen molar-refractivity contribution in [2.45, 2.75) is 12.7 Å². The van der Waals surface area contributed by atoms with Gasteiger partial charge in [0.05, 0.1) is 0 Å². The molecule has 0 radical (unpaired) electrons. The monoisotopic (exact) mass is 250 g/mol. The molecule has 0 aliphatic heterocycles. The number of nitrogens with zero attached hydrogens (tertiary/aromatic N) is 2. The van der Waals surface area contributed by atoms with Crippen molar-refractivity contribution in [2.24, 2.45) is 0 Å². The maximum Gasteiger partial charge on any atom is 0.435 e. The largest absolute Gasteiger partial charge is 0.435 e. The molecule has 0 saturated carbocycles. The van der Waals surface area contributed by atoms with E-state index in [2.05, 4.69) is 16.9 Å². The molecule has 0 spiro atoms. The molecule has 0 fully saturated rings. The fourth-order valence-corrected chi connectivity index (χ4v) is 1.35. The molecule has 0 N–H and O–H groups in total. The maximum atomic E-state index is 12.3. The highest BCUT2D eigenvalue weighted by molar-refractivity contribution is 5.33. The quantitative estimate of drug-likeness (QED) is 0.711. The average molecular weight is 250 g/mol. The highest BCUT2D eigenvalue weighted by Gasteiger charge is 2.33. The molecule has 0 aliphatic carbocycles. The summed E-state index contributed by atoms with van der Waals surface area (Å²) in [6.45, 7) is 0.130. The van der Waals surface area contributed by atoms with E-state index in [1.807, 2.05) is 30.3 Å². The second-order valence-electron chi connectivity index (χ2n) is 3.56. The lowest BCUT2D eigenvalue weighted by molar-refractivity contribution is -0.141. The van der Waals surface area contributed by atoms with Crippen molar-refractivity contribution in [3.8, 4) is 11.8 Å². The van der Waals surface area contributed by atoms with Gasteiger partial charge in [0.15, 0.2) is 5.69 Å². The SMILES string of the molecule is FC(F)(F)c1ccn(CC#Cc2ccccc2)n1. The summed E-state index contributed by atoms with van der Waals surface area (Å²) in [5, 5.41) is 3.40. The molecule has 2 aromatic rings. The van der Waals surface area contributed by atoms with Crippen molar-refractivity contribution in [3.63, 3.8) is 0 Å². The van der Waals surface area contributed by atoms with E-state index in [4.69, 9.17) is 0 Å². The van der Waals surface area contributed by atoms with E-state index in [1.165, 1.54) is 10.9 Å². The van der Waals surface area contributed by atoms with Crippen LogP contribution in [0.1, 0.15) is 11.3 Å². The van der Waals surface area contributed by atoms with Crippen LogP contribution in [0.25, 0.3) is 0 Å². The lowest BCUT2D eigenvalue weighted by Gasteiger charge is -2.00. The van der Waals surface area contributed by atoms with Crippen LogP contribution >= 0.6 is 0 Å². The number of rotatable bonds is 1. The third kappa shape index (κ3) is 3.14. The third-order valence-electron chi connectivity index (χ3n) is 2.18. The summed E-state index contributed by atoms with van der Waals surface area (Å²) in [6, 6.07) is 10.2. The average Bonchev–Trinajstić information content (AvgIpc) is 2.79. The van der Waals surface area contributed by atoms with Crippen LogP contribution in [-0.2, 0) is 12.7 Å².